The van der Waals surface area contributed by atoms with Crippen molar-refractivity contribution in [1.29, 1.82) is 0 Å². The van der Waals surface area contributed by atoms with E-state index in [2.05, 4.69) is 13.0 Å². The van der Waals surface area contributed by atoms with Gasteiger partial charge in [0.2, 0.25) is 0 Å². The van der Waals surface area contributed by atoms with Crippen LogP contribution in [0.1, 0.15) is 63.0 Å². The molecule has 0 saturated heterocycles. The van der Waals surface area contributed by atoms with Crippen LogP contribution in [0.5, 0.6) is 0 Å². The average Bonchev–Trinajstić information content (AvgIpc) is 2.84. The van der Waals surface area contributed by atoms with Crippen LogP contribution >= 0.6 is 0 Å². The summed E-state index contributed by atoms with van der Waals surface area (Å²) in [5.41, 5.74) is 3.36. The van der Waals surface area contributed by atoms with Crippen LogP contribution in [0.4, 0.5) is 0 Å². The predicted octanol–water partition coefficient (Wildman–Crippen LogP) is 2.83. The first-order valence-corrected chi connectivity index (χ1v) is 8.18. The lowest BCUT2D eigenvalue weighted by molar-refractivity contribution is 0.425. The number of rotatable bonds is 8. The Hall–Kier alpha value is -0.795. The van der Waals surface area contributed by atoms with Gasteiger partial charge in [-0.1, -0.05) is 63.6 Å². The highest BCUT2D eigenvalue weighted by Gasteiger charge is 2.22. The van der Waals surface area contributed by atoms with Gasteiger partial charge in [-0.15, -0.1) is 0 Å². The molecular weight excluding hydrogens is 247 g/mol. The SMILES string of the molecule is CCCCCCCCC1Cc2ccc(B(O)O)cc2C1. The van der Waals surface area contributed by atoms with Gasteiger partial charge in [0.05, 0.1) is 0 Å². The molecule has 2 nitrogen and oxygen atoms in total. The van der Waals surface area contributed by atoms with Crippen molar-refractivity contribution in [3.8, 4) is 0 Å². The molecule has 0 aliphatic heterocycles. The molecule has 1 aromatic rings. The first kappa shape index (κ1) is 15.6. The Balaban J connectivity index is 1.73. The van der Waals surface area contributed by atoms with Crippen molar-refractivity contribution in [3.63, 3.8) is 0 Å². The van der Waals surface area contributed by atoms with Crippen LogP contribution < -0.4 is 5.46 Å². The van der Waals surface area contributed by atoms with Crippen LogP contribution in [-0.4, -0.2) is 17.2 Å². The van der Waals surface area contributed by atoms with Crippen molar-refractivity contribution >= 4 is 12.6 Å². The molecule has 1 atom stereocenters. The monoisotopic (exact) mass is 274 g/mol. The van der Waals surface area contributed by atoms with Gasteiger partial charge in [0.25, 0.3) is 0 Å². The Labute approximate surface area is 123 Å². The summed E-state index contributed by atoms with van der Waals surface area (Å²) in [5.74, 6) is 0.766. The fourth-order valence-electron chi connectivity index (χ4n) is 3.31. The largest absolute Gasteiger partial charge is 0.488 e. The fraction of sp³-hybridized carbons (Fsp3) is 0.647. The Morgan fingerprint density at radius 2 is 1.70 bits per heavy atom. The van der Waals surface area contributed by atoms with Gasteiger partial charge in [0.15, 0.2) is 0 Å². The zero-order chi connectivity index (χ0) is 14.4. The number of unbranched alkanes of at least 4 members (excludes halogenated alkanes) is 5. The van der Waals surface area contributed by atoms with E-state index >= 15 is 0 Å². The molecule has 110 valence electrons. The summed E-state index contributed by atoms with van der Waals surface area (Å²) in [7, 11) is -1.34. The zero-order valence-corrected chi connectivity index (χ0v) is 12.6. The van der Waals surface area contributed by atoms with Crippen LogP contribution in [0.3, 0.4) is 0 Å². The second-order valence-corrected chi connectivity index (χ2v) is 6.23. The fourth-order valence-corrected chi connectivity index (χ4v) is 3.31. The van der Waals surface area contributed by atoms with E-state index in [0.29, 0.717) is 5.46 Å². The topological polar surface area (TPSA) is 40.5 Å². The molecule has 2 rings (SSSR count). The third-order valence-electron chi connectivity index (χ3n) is 4.51. The molecule has 1 unspecified atom stereocenters. The maximum atomic E-state index is 9.22. The summed E-state index contributed by atoms with van der Waals surface area (Å²) < 4.78 is 0. The Kier molecular flexibility index (Phi) is 6.12. The van der Waals surface area contributed by atoms with Crippen molar-refractivity contribution in [3.05, 3.63) is 29.3 Å². The average molecular weight is 274 g/mol. The minimum Gasteiger partial charge on any atom is -0.423 e. The maximum Gasteiger partial charge on any atom is 0.488 e. The van der Waals surface area contributed by atoms with Gasteiger partial charge in [0.1, 0.15) is 0 Å². The summed E-state index contributed by atoms with van der Waals surface area (Å²) in [5, 5.41) is 18.4. The van der Waals surface area contributed by atoms with E-state index in [4.69, 9.17) is 0 Å². The lowest BCUT2D eigenvalue weighted by Gasteiger charge is -2.08. The highest BCUT2D eigenvalue weighted by atomic mass is 16.4. The van der Waals surface area contributed by atoms with Crippen molar-refractivity contribution in [2.24, 2.45) is 5.92 Å². The molecule has 0 amide bonds. The Morgan fingerprint density at radius 1 is 1.00 bits per heavy atom. The maximum absolute atomic E-state index is 9.22. The molecule has 0 heterocycles. The highest BCUT2D eigenvalue weighted by Crippen LogP contribution is 2.29. The lowest BCUT2D eigenvalue weighted by Crippen LogP contribution is -2.29. The molecule has 1 aliphatic rings. The van der Waals surface area contributed by atoms with Gasteiger partial charge in [-0.2, -0.15) is 0 Å². The molecule has 0 saturated carbocycles. The molecule has 0 radical (unpaired) electrons. The Morgan fingerprint density at radius 3 is 2.45 bits per heavy atom. The van der Waals surface area contributed by atoms with E-state index < -0.39 is 7.12 Å². The van der Waals surface area contributed by atoms with Crippen LogP contribution in [0.25, 0.3) is 0 Å². The molecule has 0 bridgehead atoms. The van der Waals surface area contributed by atoms with E-state index in [9.17, 15) is 10.0 Å². The third-order valence-corrected chi connectivity index (χ3v) is 4.51. The van der Waals surface area contributed by atoms with Crippen LogP contribution in [0, 0.1) is 5.92 Å². The third kappa shape index (κ3) is 4.36. The van der Waals surface area contributed by atoms with Gasteiger partial charge in [-0.25, -0.2) is 0 Å². The number of hydrogen-bond acceptors (Lipinski definition) is 2. The molecule has 2 N–H and O–H groups in total. The number of benzene rings is 1. The predicted molar refractivity (Wildman–Crippen MR) is 85.2 cm³/mol. The second-order valence-electron chi connectivity index (χ2n) is 6.23. The lowest BCUT2D eigenvalue weighted by atomic mass is 9.79. The summed E-state index contributed by atoms with van der Waals surface area (Å²) in [6, 6.07) is 5.89. The standard InChI is InChI=1S/C17H27BO2/c1-2-3-4-5-6-7-8-14-11-15-9-10-17(18(19)20)13-16(15)12-14/h9-10,13-14,19-20H,2-8,11-12H2,1H3. The van der Waals surface area contributed by atoms with E-state index in [0.717, 1.165) is 12.3 Å². The first-order valence-electron chi connectivity index (χ1n) is 8.18. The quantitative estimate of drug-likeness (QED) is 0.565. The number of fused-ring (bicyclic) bond motifs is 1. The zero-order valence-electron chi connectivity index (χ0n) is 12.6. The summed E-state index contributed by atoms with van der Waals surface area (Å²) in [6.45, 7) is 2.26. The highest BCUT2D eigenvalue weighted by molar-refractivity contribution is 6.58. The van der Waals surface area contributed by atoms with Crippen molar-refractivity contribution < 1.29 is 10.0 Å². The van der Waals surface area contributed by atoms with Gasteiger partial charge in [-0.05, 0) is 41.8 Å². The van der Waals surface area contributed by atoms with E-state index in [1.165, 1.54) is 62.5 Å². The van der Waals surface area contributed by atoms with Gasteiger partial charge in [0, 0.05) is 0 Å². The first-order chi connectivity index (χ1) is 9.70. The summed E-state index contributed by atoms with van der Waals surface area (Å²) >= 11 is 0. The normalized spacial score (nSPS) is 17.2. The molecule has 0 aromatic heterocycles. The minimum atomic E-state index is -1.34. The number of hydrogen-bond donors (Lipinski definition) is 2. The smallest absolute Gasteiger partial charge is 0.423 e. The van der Waals surface area contributed by atoms with E-state index in [1.807, 2.05) is 12.1 Å². The van der Waals surface area contributed by atoms with Crippen molar-refractivity contribution in [1.82, 2.24) is 0 Å². The van der Waals surface area contributed by atoms with E-state index in [-0.39, 0.29) is 0 Å². The van der Waals surface area contributed by atoms with Gasteiger partial charge < -0.3 is 10.0 Å². The summed E-state index contributed by atoms with van der Waals surface area (Å²) in [4.78, 5) is 0. The second kappa shape index (κ2) is 7.85. The van der Waals surface area contributed by atoms with E-state index in [1.54, 1.807) is 0 Å². The molecule has 0 fully saturated rings. The van der Waals surface area contributed by atoms with Gasteiger partial charge >= 0.3 is 7.12 Å². The molecule has 20 heavy (non-hydrogen) atoms. The molecule has 1 aromatic carbocycles. The minimum absolute atomic E-state index is 0.629. The van der Waals surface area contributed by atoms with Crippen LogP contribution in [0.2, 0.25) is 0 Å². The van der Waals surface area contributed by atoms with Crippen molar-refractivity contribution in [2.75, 3.05) is 0 Å². The van der Waals surface area contributed by atoms with Crippen LogP contribution in [0.15, 0.2) is 18.2 Å². The molecule has 0 spiro atoms. The van der Waals surface area contributed by atoms with Gasteiger partial charge in [-0.3, -0.25) is 0 Å². The molecular formula is C17H27BO2. The van der Waals surface area contributed by atoms with Crippen LogP contribution in [-0.2, 0) is 12.8 Å². The van der Waals surface area contributed by atoms with Crippen molar-refractivity contribution in [2.45, 2.75) is 64.7 Å². The summed E-state index contributed by atoms with van der Waals surface area (Å²) in [6.07, 6.45) is 11.8. The Bertz CT molecular complexity index is 417. The molecule has 3 heteroatoms. The molecule has 1 aliphatic carbocycles.